The molecule has 0 radical (unpaired) electrons. The highest BCUT2D eigenvalue weighted by Gasteiger charge is 2.09. The van der Waals surface area contributed by atoms with Gasteiger partial charge in [0, 0.05) is 5.39 Å². The number of hydrogen-bond donors (Lipinski definition) is 1. The van der Waals surface area contributed by atoms with Crippen molar-refractivity contribution in [2.24, 2.45) is 0 Å². The van der Waals surface area contributed by atoms with E-state index in [9.17, 15) is 8.42 Å². The third-order valence-corrected chi connectivity index (χ3v) is 3.35. The minimum atomic E-state index is -3.25. The molecule has 0 aromatic heterocycles. The van der Waals surface area contributed by atoms with Crippen molar-refractivity contribution in [1.29, 1.82) is 0 Å². The topological polar surface area (TPSA) is 46.2 Å². The molecular formula is C13H15NO2S. The fraction of sp³-hybridized carbons (Fsp3) is 0.231. The van der Waals surface area contributed by atoms with Gasteiger partial charge in [0.25, 0.3) is 0 Å². The van der Waals surface area contributed by atoms with Gasteiger partial charge >= 0.3 is 0 Å². The molecule has 0 fully saturated rings. The molecule has 0 saturated carbocycles. The Labute approximate surface area is 102 Å². The summed E-state index contributed by atoms with van der Waals surface area (Å²) >= 11 is 0. The normalized spacial score (nSPS) is 11.7. The summed E-state index contributed by atoms with van der Waals surface area (Å²) in [6, 6.07) is 9.70. The van der Waals surface area contributed by atoms with Crippen molar-refractivity contribution in [2.75, 3.05) is 11.0 Å². The van der Waals surface area contributed by atoms with E-state index in [1.165, 1.54) is 0 Å². The minimum Gasteiger partial charge on any atom is -0.283 e. The third-order valence-electron chi connectivity index (χ3n) is 2.76. The van der Waals surface area contributed by atoms with Crippen LogP contribution in [0.25, 0.3) is 10.8 Å². The quantitative estimate of drug-likeness (QED) is 0.889. The summed E-state index contributed by atoms with van der Waals surface area (Å²) in [6.45, 7) is 4.00. The molecule has 17 heavy (non-hydrogen) atoms. The van der Waals surface area contributed by atoms with E-state index < -0.39 is 10.0 Å². The second-order valence-corrected chi connectivity index (χ2v) is 6.05. The molecule has 0 aliphatic heterocycles. The van der Waals surface area contributed by atoms with Gasteiger partial charge in [-0.05, 0) is 36.4 Å². The largest absolute Gasteiger partial charge is 0.283 e. The lowest BCUT2D eigenvalue weighted by atomic mass is 10.0. The molecule has 2 aromatic rings. The summed E-state index contributed by atoms with van der Waals surface area (Å²) < 4.78 is 25.2. The fourth-order valence-electron chi connectivity index (χ4n) is 2.02. The second-order valence-electron chi connectivity index (χ2n) is 4.30. The van der Waals surface area contributed by atoms with Gasteiger partial charge in [-0.1, -0.05) is 24.3 Å². The Morgan fingerprint density at radius 1 is 1.00 bits per heavy atom. The van der Waals surface area contributed by atoms with E-state index in [0.29, 0.717) is 5.69 Å². The lowest BCUT2D eigenvalue weighted by Crippen LogP contribution is -2.10. The zero-order chi connectivity index (χ0) is 12.6. The van der Waals surface area contributed by atoms with Crippen LogP contribution in [0, 0.1) is 13.8 Å². The highest BCUT2D eigenvalue weighted by atomic mass is 32.2. The predicted octanol–water partition coefficient (Wildman–Crippen LogP) is 2.83. The van der Waals surface area contributed by atoms with E-state index in [4.69, 9.17) is 0 Å². The van der Waals surface area contributed by atoms with E-state index in [1.54, 1.807) is 0 Å². The monoisotopic (exact) mass is 249 g/mol. The highest BCUT2D eigenvalue weighted by Crippen LogP contribution is 2.29. The van der Waals surface area contributed by atoms with Gasteiger partial charge in [0.1, 0.15) is 0 Å². The van der Waals surface area contributed by atoms with Crippen molar-refractivity contribution in [1.82, 2.24) is 0 Å². The predicted molar refractivity (Wildman–Crippen MR) is 71.9 cm³/mol. The van der Waals surface area contributed by atoms with Crippen molar-refractivity contribution in [2.45, 2.75) is 13.8 Å². The SMILES string of the molecule is Cc1ccc(NS(C)(=O)=O)c2c(C)cccc12. The first-order chi connectivity index (χ1) is 7.88. The number of aryl methyl sites for hydroxylation is 2. The maximum absolute atomic E-state index is 11.3. The molecule has 90 valence electrons. The van der Waals surface area contributed by atoms with Crippen LogP contribution in [0.4, 0.5) is 5.69 Å². The number of rotatable bonds is 2. The van der Waals surface area contributed by atoms with Crippen LogP contribution in [-0.2, 0) is 10.0 Å². The Hall–Kier alpha value is -1.55. The zero-order valence-electron chi connectivity index (χ0n) is 10.1. The van der Waals surface area contributed by atoms with Gasteiger partial charge in [-0.3, -0.25) is 4.72 Å². The number of hydrogen-bond acceptors (Lipinski definition) is 2. The van der Waals surface area contributed by atoms with Crippen LogP contribution in [-0.4, -0.2) is 14.7 Å². The molecule has 4 heteroatoms. The van der Waals surface area contributed by atoms with Gasteiger partial charge in [-0.2, -0.15) is 0 Å². The number of anilines is 1. The zero-order valence-corrected chi connectivity index (χ0v) is 10.9. The Balaban J connectivity index is 2.77. The third kappa shape index (κ3) is 2.42. The van der Waals surface area contributed by atoms with Crippen LogP contribution >= 0.6 is 0 Å². The molecular weight excluding hydrogens is 234 g/mol. The molecule has 0 bridgehead atoms. The molecule has 0 spiro atoms. The van der Waals surface area contributed by atoms with E-state index in [2.05, 4.69) is 4.72 Å². The standard InChI is InChI=1S/C13H15NO2S/c1-9-7-8-12(14-17(3,15)16)13-10(2)5-4-6-11(9)13/h4-8,14H,1-3H3. The van der Waals surface area contributed by atoms with Crippen LogP contribution in [0.5, 0.6) is 0 Å². The van der Waals surface area contributed by atoms with Crippen molar-refractivity contribution in [3.05, 3.63) is 41.5 Å². The number of sulfonamides is 1. The molecule has 3 nitrogen and oxygen atoms in total. The smallest absolute Gasteiger partial charge is 0.229 e. The maximum Gasteiger partial charge on any atom is 0.229 e. The number of nitrogens with one attached hydrogen (secondary N) is 1. The van der Waals surface area contributed by atoms with E-state index in [0.717, 1.165) is 28.2 Å². The average molecular weight is 249 g/mol. The van der Waals surface area contributed by atoms with Gasteiger partial charge in [0.15, 0.2) is 0 Å². The lowest BCUT2D eigenvalue weighted by molar-refractivity contribution is 0.607. The summed E-state index contributed by atoms with van der Waals surface area (Å²) in [7, 11) is -3.25. The fourth-order valence-corrected chi connectivity index (χ4v) is 2.59. The van der Waals surface area contributed by atoms with Crippen molar-refractivity contribution in [3.8, 4) is 0 Å². The van der Waals surface area contributed by atoms with Crippen LogP contribution in [0.15, 0.2) is 30.3 Å². The first kappa shape index (κ1) is 11.9. The Kier molecular flexibility index (Phi) is 2.83. The molecule has 0 atom stereocenters. The molecule has 2 aromatic carbocycles. The maximum atomic E-state index is 11.3. The van der Waals surface area contributed by atoms with Crippen molar-refractivity contribution < 1.29 is 8.42 Å². The van der Waals surface area contributed by atoms with Gasteiger partial charge < -0.3 is 0 Å². The number of benzene rings is 2. The molecule has 0 unspecified atom stereocenters. The van der Waals surface area contributed by atoms with Gasteiger partial charge in [-0.25, -0.2) is 8.42 Å². The summed E-state index contributed by atoms with van der Waals surface area (Å²) in [4.78, 5) is 0. The van der Waals surface area contributed by atoms with Crippen LogP contribution in [0.1, 0.15) is 11.1 Å². The average Bonchev–Trinajstić information content (AvgIpc) is 2.21. The van der Waals surface area contributed by atoms with E-state index in [1.807, 2.05) is 44.2 Å². The second kappa shape index (κ2) is 4.04. The van der Waals surface area contributed by atoms with E-state index in [-0.39, 0.29) is 0 Å². The minimum absolute atomic E-state index is 0.645. The highest BCUT2D eigenvalue weighted by molar-refractivity contribution is 7.92. The van der Waals surface area contributed by atoms with Gasteiger partial charge in [0.2, 0.25) is 10.0 Å². The molecule has 0 saturated heterocycles. The summed E-state index contributed by atoms with van der Waals surface area (Å²) in [5.41, 5.74) is 2.85. The Bertz CT molecular complexity index is 675. The molecule has 0 aliphatic rings. The summed E-state index contributed by atoms with van der Waals surface area (Å²) in [6.07, 6.45) is 1.16. The van der Waals surface area contributed by atoms with Crippen LogP contribution in [0.3, 0.4) is 0 Å². The summed E-state index contributed by atoms with van der Waals surface area (Å²) in [5, 5.41) is 2.05. The molecule has 2 rings (SSSR count). The van der Waals surface area contributed by atoms with Crippen LogP contribution < -0.4 is 4.72 Å². The van der Waals surface area contributed by atoms with Gasteiger partial charge in [-0.15, -0.1) is 0 Å². The summed E-state index contributed by atoms with van der Waals surface area (Å²) in [5.74, 6) is 0. The molecule has 0 amide bonds. The van der Waals surface area contributed by atoms with Gasteiger partial charge in [0.05, 0.1) is 11.9 Å². The first-order valence-corrected chi connectivity index (χ1v) is 7.24. The molecule has 0 heterocycles. The molecule has 0 aliphatic carbocycles. The van der Waals surface area contributed by atoms with Crippen molar-refractivity contribution in [3.63, 3.8) is 0 Å². The number of fused-ring (bicyclic) bond motifs is 1. The lowest BCUT2D eigenvalue weighted by Gasteiger charge is -2.12. The Morgan fingerprint density at radius 3 is 2.35 bits per heavy atom. The Morgan fingerprint density at radius 2 is 1.71 bits per heavy atom. The molecule has 1 N–H and O–H groups in total. The van der Waals surface area contributed by atoms with Crippen molar-refractivity contribution >= 4 is 26.5 Å². The van der Waals surface area contributed by atoms with Crippen LogP contribution in [0.2, 0.25) is 0 Å². The first-order valence-electron chi connectivity index (χ1n) is 5.35. The van der Waals surface area contributed by atoms with E-state index >= 15 is 0 Å².